The fourth-order valence-electron chi connectivity index (χ4n) is 2.81. The summed E-state index contributed by atoms with van der Waals surface area (Å²) in [6.45, 7) is 1.12. The third-order valence-electron chi connectivity index (χ3n) is 3.82. The van der Waals surface area contributed by atoms with Crippen LogP contribution in [0.2, 0.25) is 0 Å². The number of allylic oxidation sites excluding steroid dienone is 2. The Morgan fingerprint density at radius 3 is 2.83 bits per heavy atom. The van der Waals surface area contributed by atoms with Gasteiger partial charge in [0.25, 0.3) is 0 Å². The lowest BCUT2D eigenvalue weighted by Crippen LogP contribution is -2.39. The van der Waals surface area contributed by atoms with Crippen molar-refractivity contribution in [2.75, 3.05) is 19.3 Å². The van der Waals surface area contributed by atoms with Crippen LogP contribution in [0.3, 0.4) is 0 Å². The molecule has 1 fully saturated rings. The van der Waals surface area contributed by atoms with Gasteiger partial charge in [-0.2, -0.15) is 0 Å². The van der Waals surface area contributed by atoms with Crippen LogP contribution in [-0.4, -0.2) is 37.9 Å². The van der Waals surface area contributed by atoms with E-state index in [-0.39, 0.29) is 11.7 Å². The highest BCUT2D eigenvalue weighted by Gasteiger charge is 2.28. The Morgan fingerprint density at radius 1 is 1.44 bits per heavy atom. The van der Waals surface area contributed by atoms with Crippen molar-refractivity contribution in [3.05, 3.63) is 11.6 Å². The second kappa shape index (κ2) is 5.53. The third kappa shape index (κ3) is 3.42. The average molecular weight is 271 g/mol. The van der Waals surface area contributed by atoms with Crippen LogP contribution >= 0.6 is 0 Å². The molecule has 0 aromatic heterocycles. The minimum absolute atomic E-state index is 0.197. The lowest BCUT2D eigenvalue weighted by atomic mass is 9.91. The quantitative estimate of drug-likeness (QED) is 0.782. The maximum absolute atomic E-state index is 12.0. The fraction of sp³-hybridized carbons (Fsp3) is 0.769. The lowest BCUT2D eigenvalue weighted by molar-refractivity contribution is -0.116. The summed E-state index contributed by atoms with van der Waals surface area (Å²) in [6, 6.07) is 0. The molecule has 4 nitrogen and oxygen atoms in total. The van der Waals surface area contributed by atoms with Crippen LogP contribution < -0.4 is 0 Å². The lowest BCUT2D eigenvalue weighted by Gasteiger charge is -2.30. The first kappa shape index (κ1) is 13.7. The number of hydrogen-bond acceptors (Lipinski definition) is 3. The first-order chi connectivity index (χ1) is 8.47. The van der Waals surface area contributed by atoms with Gasteiger partial charge in [-0.05, 0) is 43.6 Å². The van der Waals surface area contributed by atoms with E-state index < -0.39 is 10.0 Å². The molecule has 1 atom stereocenters. The molecule has 1 aliphatic heterocycles. The first-order valence-electron chi connectivity index (χ1n) is 6.64. The number of piperidine rings is 1. The number of Topliss-reactive ketones (excluding diaryl/α,β-unsaturated/α-hetero) is 1. The average Bonchev–Trinajstić information content (AvgIpc) is 2.81. The number of ketones is 1. The minimum atomic E-state index is -3.11. The molecule has 5 heteroatoms. The van der Waals surface area contributed by atoms with Crippen molar-refractivity contribution in [2.45, 2.75) is 38.5 Å². The van der Waals surface area contributed by atoms with Crippen LogP contribution in [0.15, 0.2) is 11.6 Å². The second-order valence-electron chi connectivity index (χ2n) is 5.38. The van der Waals surface area contributed by atoms with Crippen molar-refractivity contribution >= 4 is 15.8 Å². The summed E-state index contributed by atoms with van der Waals surface area (Å²) in [7, 11) is -3.11. The molecule has 1 aliphatic carbocycles. The zero-order chi connectivity index (χ0) is 13.2. The van der Waals surface area contributed by atoms with Gasteiger partial charge in [0.15, 0.2) is 5.78 Å². The van der Waals surface area contributed by atoms with Gasteiger partial charge >= 0.3 is 0 Å². The summed E-state index contributed by atoms with van der Waals surface area (Å²) >= 11 is 0. The number of sulfonamides is 1. The van der Waals surface area contributed by atoms with Gasteiger partial charge in [-0.25, -0.2) is 12.7 Å². The number of carbonyl (C=O) groups excluding carboxylic acids is 1. The fourth-order valence-corrected chi connectivity index (χ4v) is 3.75. The molecule has 0 amide bonds. The van der Waals surface area contributed by atoms with Gasteiger partial charge < -0.3 is 0 Å². The van der Waals surface area contributed by atoms with E-state index in [4.69, 9.17) is 0 Å². The molecule has 102 valence electrons. The Bertz CT molecular complexity index is 453. The SMILES string of the molecule is CS(=O)(=O)N1CCCC(CC(=O)C2=CCCC2)C1. The summed E-state index contributed by atoms with van der Waals surface area (Å²) < 4.78 is 24.5. The van der Waals surface area contributed by atoms with Crippen molar-refractivity contribution in [1.29, 1.82) is 0 Å². The first-order valence-corrected chi connectivity index (χ1v) is 8.49. The van der Waals surface area contributed by atoms with Crippen molar-refractivity contribution in [2.24, 2.45) is 5.92 Å². The predicted octanol–water partition coefficient (Wildman–Crippen LogP) is 1.73. The third-order valence-corrected chi connectivity index (χ3v) is 5.09. The molecule has 1 heterocycles. The Balaban J connectivity index is 1.91. The van der Waals surface area contributed by atoms with E-state index in [2.05, 4.69) is 0 Å². The zero-order valence-electron chi connectivity index (χ0n) is 10.9. The normalized spacial score (nSPS) is 26.1. The van der Waals surface area contributed by atoms with Crippen LogP contribution in [0.25, 0.3) is 0 Å². The molecular weight excluding hydrogens is 250 g/mol. The molecule has 1 saturated heterocycles. The second-order valence-corrected chi connectivity index (χ2v) is 7.36. The standard InChI is InChI=1S/C13H21NO3S/c1-18(16,17)14-8-4-5-11(10-14)9-13(15)12-6-2-3-7-12/h6,11H,2-5,7-10H2,1H3. The number of carbonyl (C=O) groups is 1. The molecule has 0 N–H and O–H groups in total. The Hall–Kier alpha value is -0.680. The van der Waals surface area contributed by atoms with E-state index in [1.54, 1.807) is 0 Å². The van der Waals surface area contributed by atoms with E-state index in [0.717, 1.165) is 37.7 Å². The molecule has 0 aromatic carbocycles. The summed E-state index contributed by atoms with van der Waals surface area (Å²) in [5.41, 5.74) is 0.964. The van der Waals surface area contributed by atoms with E-state index in [0.29, 0.717) is 19.5 Å². The molecule has 0 bridgehead atoms. The van der Waals surface area contributed by atoms with Gasteiger partial charge in [0.1, 0.15) is 0 Å². The minimum Gasteiger partial charge on any atom is -0.295 e. The molecule has 0 radical (unpaired) electrons. The van der Waals surface area contributed by atoms with E-state index in [1.165, 1.54) is 10.6 Å². The van der Waals surface area contributed by atoms with Crippen LogP contribution in [0.5, 0.6) is 0 Å². The van der Waals surface area contributed by atoms with Crippen molar-refractivity contribution in [3.8, 4) is 0 Å². The Labute approximate surface area is 109 Å². The van der Waals surface area contributed by atoms with Crippen LogP contribution in [0.4, 0.5) is 0 Å². The van der Waals surface area contributed by atoms with Crippen molar-refractivity contribution < 1.29 is 13.2 Å². The summed E-state index contributed by atoms with van der Waals surface area (Å²) in [6.07, 6.45) is 8.63. The Kier molecular flexibility index (Phi) is 4.22. The van der Waals surface area contributed by atoms with E-state index >= 15 is 0 Å². The predicted molar refractivity (Wildman–Crippen MR) is 70.7 cm³/mol. The van der Waals surface area contributed by atoms with E-state index in [9.17, 15) is 13.2 Å². The highest BCUT2D eigenvalue weighted by Crippen LogP contribution is 2.26. The van der Waals surface area contributed by atoms with Gasteiger partial charge in [-0.3, -0.25) is 4.79 Å². The summed E-state index contributed by atoms with van der Waals surface area (Å²) in [5, 5.41) is 0. The maximum atomic E-state index is 12.0. The van der Waals surface area contributed by atoms with Gasteiger partial charge in [-0.1, -0.05) is 6.08 Å². The summed E-state index contributed by atoms with van der Waals surface area (Å²) in [5.74, 6) is 0.426. The highest BCUT2D eigenvalue weighted by molar-refractivity contribution is 7.88. The van der Waals surface area contributed by atoms with Crippen LogP contribution in [-0.2, 0) is 14.8 Å². The maximum Gasteiger partial charge on any atom is 0.211 e. The van der Waals surface area contributed by atoms with Gasteiger partial charge in [0.2, 0.25) is 10.0 Å². The number of nitrogens with zero attached hydrogens (tertiary/aromatic N) is 1. The summed E-state index contributed by atoms with van der Waals surface area (Å²) in [4.78, 5) is 12.0. The van der Waals surface area contributed by atoms with Crippen molar-refractivity contribution in [3.63, 3.8) is 0 Å². The molecule has 2 rings (SSSR count). The largest absolute Gasteiger partial charge is 0.295 e. The van der Waals surface area contributed by atoms with Crippen LogP contribution in [0, 0.1) is 5.92 Å². The van der Waals surface area contributed by atoms with Crippen LogP contribution in [0.1, 0.15) is 38.5 Å². The molecule has 0 saturated carbocycles. The number of rotatable bonds is 4. The molecule has 0 aromatic rings. The smallest absolute Gasteiger partial charge is 0.211 e. The Morgan fingerprint density at radius 2 is 2.22 bits per heavy atom. The van der Waals surface area contributed by atoms with Gasteiger partial charge in [0.05, 0.1) is 6.26 Å². The molecule has 2 aliphatic rings. The van der Waals surface area contributed by atoms with Crippen molar-refractivity contribution in [1.82, 2.24) is 4.31 Å². The van der Waals surface area contributed by atoms with E-state index in [1.807, 2.05) is 6.08 Å². The van der Waals surface area contributed by atoms with Gasteiger partial charge in [-0.15, -0.1) is 0 Å². The monoisotopic (exact) mass is 271 g/mol. The molecular formula is C13H21NO3S. The topological polar surface area (TPSA) is 54.5 Å². The zero-order valence-corrected chi connectivity index (χ0v) is 11.7. The molecule has 0 spiro atoms. The number of hydrogen-bond donors (Lipinski definition) is 0. The van der Waals surface area contributed by atoms with Gasteiger partial charge in [0, 0.05) is 19.5 Å². The molecule has 18 heavy (non-hydrogen) atoms. The molecule has 1 unspecified atom stereocenters. The highest BCUT2D eigenvalue weighted by atomic mass is 32.2.